The van der Waals surface area contributed by atoms with Gasteiger partial charge in [-0.2, -0.15) is 0 Å². The molecule has 94 valence electrons. The third-order valence-corrected chi connectivity index (χ3v) is 3.05. The standard InChI is InChI=1S/C13H12BrFN2O/c1-8-3-13(18)17(9(2)16-8)7-10-4-11(14)6-12(15)5-10/h3-6H,7H2,1-2H3. The lowest BCUT2D eigenvalue weighted by atomic mass is 10.2. The molecule has 0 fully saturated rings. The first-order valence-electron chi connectivity index (χ1n) is 5.46. The van der Waals surface area contributed by atoms with Crippen LogP contribution in [0.5, 0.6) is 0 Å². The zero-order valence-corrected chi connectivity index (χ0v) is 11.7. The number of benzene rings is 1. The third kappa shape index (κ3) is 2.85. The van der Waals surface area contributed by atoms with Crippen LogP contribution in [0.25, 0.3) is 0 Å². The molecular formula is C13H12BrFN2O. The first-order valence-corrected chi connectivity index (χ1v) is 6.25. The van der Waals surface area contributed by atoms with E-state index in [1.165, 1.54) is 22.8 Å². The summed E-state index contributed by atoms with van der Waals surface area (Å²) >= 11 is 3.23. The smallest absolute Gasteiger partial charge is 0.254 e. The summed E-state index contributed by atoms with van der Waals surface area (Å²) in [6.07, 6.45) is 0. The zero-order chi connectivity index (χ0) is 13.3. The molecule has 0 spiro atoms. The average molecular weight is 311 g/mol. The van der Waals surface area contributed by atoms with E-state index in [9.17, 15) is 9.18 Å². The largest absolute Gasteiger partial charge is 0.292 e. The number of nitrogens with zero attached hydrogens (tertiary/aromatic N) is 2. The van der Waals surface area contributed by atoms with Gasteiger partial charge < -0.3 is 0 Å². The molecule has 0 saturated heterocycles. The molecule has 0 aliphatic carbocycles. The summed E-state index contributed by atoms with van der Waals surface area (Å²) in [4.78, 5) is 16.1. The topological polar surface area (TPSA) is 34.9 Å². The highest BCUT2D eigenvalue weighted by atomic mass is 79.9. The van der Waals surface area contributed by atoms with Gasteiger partial charge >= 0.3 is 0 Å². The van der Waals surface area contributed by atoms with Gasteiger partial charge in [-0.05, 0) is 37.6 Å². The van der Waals surface area contributed by atoms with E-state index in [0.29, 0.717) is 22.5 Å². The Morgan fingerprint density at radius 1 is 1.28 bits per heavy atom. The van der Waals surface area contributed by atoms with Crippen molar-refractivity contribution in [3.05, 3.63) is 62.0 Å². The van der Waals surface area contributed by atoms with Crippen LogP contribution < -0.4 is 5.56 Å². The monoisotopic (exact) mass is 310 g/mol. The highest BCUT2D eigenvalue weighted by Gasteiger charge is 2.05. The maximum Gasteiger partial charge on any atom is 0.254 e. The number of hydrogen-bond donors (Lipinski definition) is 0. The maximum absolute atomic E-state index is 13.3. The molecule has 5 heteroatoms. The van der Waals surface area contributed by atoms with E-state index >= 15 is 0 Å². The van der Waals surface area contributed by atoms with Crippen molar-refractivity contribution in [3.63, 3.8) is 0 Å². The molecule has 1 aromatic carbocycles. The summed E-state index contributed by atoms with van der Waals surface area (Å²) in [5, 5.41) is 0. The van der Waals surface area contributed by atoms with Gasteiger partial charge in [0.1, 0.15) is 11.6 Å². The minimum atomic E-state index is -0.329. The van der Waals surface area contributed by atoms with Gasteiger partial charge in [-0.1, -0.05) is 15.9 Å². The van der Waals surface area contributed by atoms with Gasteiger partial charge in [0, 0.05) is 16.2 Å². The van der Waals surface area contributed by atoms with Gasteiger partial charge in [0.05, 0.1) is 6.54 Å². The summed E-state index contributed by atoms with van der Waals surface area (Å²) in [5.74, 6) is 0.297. The Morgan fingerprint density at radius 3 is 2.61 bits per heavy atom. The molecule has 1 aromatic heterocycles. The SMILES string of the molecule is Cc1cc(=O)n(Cc2cc(F)cc(Br)c2)c(C)n1. The van der Waals surface area contributed by atoms with Crippen LogP contribution in [0.1, 0.15) is 17.1 Å². The van der Waals surface area contributed by atoms with Gasteiger partial charge in [0.2, 0.25) is 0 Å². The minimum Gasteiger partial charge on any atom is -0.292 e. The molecule has 0 atom stereocenters. The van der Waals surface area contributed by atoms with Crippen LogP contribution in [0.3, 0.4) is 0 Å². The van der Waals surface area contributed by atoms with Crippen LogP contribution >= 0.6 is 15.9 Å². The minimum absolute atomic E-state index is 0.125. The fourth-order valence-electron chi connectivity index (χ4n) is 1.84. The Morgan fingerprint density at radius 2 is 2.00 bits per heavy atom. The number of hydrogen-bond acceptors (Lipinski definition) is 2. The van der Waals surface area contributed by atoms with Crippen molar-refractivity contribution in [2.24, 2.45) is 0 Å². The van der Waals surface area contributed by atoms with Crippen molar-refractivity contribution in [1.29, 1.82) is 0 Å². The second kappa shape index (κ2) is 5.02. The molecule has 0 unspecified atom stereocenters. The number of aromatic nitrogens is 2. The molecule has 2 aromatic rings. The average Bonchev–Trinajstić information content (AvgIpc) is 2.22. The van der Waals surface area contributed by atoms with Crippen molar-refractivity contribution in [1.82, 2.24) is 9.55 Å². The first kappa shape index (κ1) is 13.0. The van der Waals surface area contributed by atoms with Crippen molar-refractivity contribution in [3.8, 4) is 0 Å². The van der Waals surface area contributed by atoms with E-state index < -0.39 is 0 Å². The van der Waals surface area contributed by atoms with Crippen molar-refractivity contribution < 1.29 is 4.39 Å². The van der Waals surface area contributed by atoms with E-state index in [1.807, 2.05) is 0 Å². The van der Waals surface area contributed by atoms with E-state index in [1.54, 1.807) is 19.9 Å². The second-order valence-electron chi connectivity index (χ2n) is 4.15. The number of halogens is 2. The van der Waals surface area contributed by atoms with Gasteiger partial charge in [-0.25, -0.2) is 9.37 Å². The zero-order valence-electron chi connectivity index (χ0n) is 10.1. The predicted molar refractivity (Wildman–Crippen MR) is 71.2 cm³/mol. The Labute approximate surface area is 112 Å². The Kier molecular flexibility index (Phi) is 3.61. The Hall–Kier alpha value is -1.49. The maximum atomic E-state index is 13.3. The molecular weight excluding hydrogens is 299 g/mol. The van der Waals surface area contributed by atoms with E-state index in [2.05, 4.69) is 20.9 Å². The van der Waals surface area contributed by atoms with Crippen molar-refractivity contribution in [2.75, 3.05) is 0 Å². The fourth-order valence-corrected chi connectivity index (χ4v) is 2.35. The molecule has 0 radical (unpaired) electrons. The molecule has 1 heterocycles. The predicted octanol–water partition coefficient (Wildman–Crippen LogP) is 2.81. The summed E-state index contributed by atoms with van der Waals surface area (Å²) in [6, 6.07) is 6.05. The van der Waals surface area contributed by atoms with Gasteiger partial charge in [0.25, 0.3) is 5.56 Å². The highest BCUT2D eigenvalue weighted by Crippen LogP contribution is 2.15. The molecule has 18 heavy (non-hydrogen) atoms. The van der Waals surface area contributed by atoms with E-state index in [-0.39, 0.29) is 11.4 Å². The van der Waals surface area contributed by atoms with E-state index in [4.69, 9.17) is 0 Å². The van der Waals surface area contributed by atoms with Crippen molar-refractivity contribution >= 4 is 15.9 Å². The quantitative estimate of drug-likeness (QED) is 0.855. The summed E-state index contributed by atoms with van der Waals surface area (Å²) < 4.78 is 15.4. The second-order valence-corrected chi connectivity index (χ2v) is 5.06. The summed E-state index contributed by atoms with van der Waals surface area (Å²) in [6.45, 7) is 3.86. The van der Waals surface area contributed by atoms with Crippen LogP contribution in [0, 0.1) is 19.7 Å². The van der Waals surface area contributed by atoms with Gasteiger partial charge in [0.15, 0.2) is 0 Å². The molecule has 2 rings (SSSR count). The third-order valence-electron chi connectivity index (χ3n) is 2.59. The lowest BCUT2D eigenvalue weighted by Crippen LogP contribution is -2.24. The number of rotatable bonds is 2. The summed E-state index contributed by atoms with van der Waals surface area (Å²) in [5.41, 5.74) is 1.28. The van der Waals surface area contributed by atoms with Crippen LogP contribution in [0.15, 0.2) is 33.5 Å². The van der Waals surface area contributed by atoms with Crippen LogP contribution in [0.2, 0.25) is 0 Å². The first-order chi connectivity index (χ1) is 8.45. The molecule has 3 nitrogen and oxygen atoms in total. The van der Waals surface area contributed by atoms with Crippen molar-refractivity contribution in [2.45, 2.75) is 20.4 Å². The fraction of sp³-hybridized carbons (Fsp3) is 0.231. The summed E-state index contributed by atoms with van der Waals surface area (Å²) in [7, 11) is 0. The molecule has 0 aliphatic heterocycles. The van der Waals surface area contributed by atoms with Crippen LogP contribution in [-0.2, 0) is 6.54 Å². The lowest BCUT2D eigenvalue weighted by molar-refractivity contribution is 0.619. The lowest BCUT2D eigenvalue weighted by Gasteiger charge is -2.10. The van der Waals surface area contributed by atoms with Gasteiger partial charge in [-0.15, -0.1) is 0 Å². The number of aryl methyl sites for hydroxylation is 2. The van der Waals surface area contributed by atoms with Crippen LogP contribution in [0.4, 0.5) is 4.39 Å². The molecule has 0 bridgehead atoms. The van der Waals surface area contributed by atoms with E-state index in [0.717, 1.165) is 5.56 Å². The molecule has 0 amide bonds. The van der Waals surface area contributed by atoms with Gasteiger partial charge in [-0.3, -0.25) is 9.36 Å². The normalized spacial score (nSPS) is 10.7. The Balaban J connectivity index is 2.43. The molecule has 0 aliphatic rings. The van der Waals surface area contributed by atoms with Crippen LogP contribution in [-0.4, -0.2) is 9.55 Å². The highest BCUT2D eigenvalue weighted by molar-refractivity contribution is 9.10. The molecule has 0 saturated carbocycles. The molecule has 0 N–H and O–H groups in total. The Bertz CT molecular complexity index is 632.